The number of hydrogen-bond acceptors (Lipinski definition) is 11. The monoisotopic (exact) mass is 472 g/mol. The van der Waals surface area contributed by atoms with Crippen molar-refractivity contribution in [3.8, 4) is 51.7 Å². The molecule has 2 atom stereocenters. The molecule has 0 saturated heterocycles. The minimum absolute atomic E-state index is 0.0748. The average molecular weight is 472 g/mol. The summed E-state index contributed by atoms with van der Waals surface area (Å²) < 4.78 is 16.4. The Kier molecular flexibility index (Phi) is 5.53. The van der Waals surface area contributed by atoms with Gasteiger partial charge in [-0.3, -0.25) is 0 Å². The fourth-order valence-electron chi connectivity index (χ4n) is 3.70. The number of esters is 1. The molecule has 0 aliphatic carbocycles. The van der Waals surface area contributed by atoms with Crippen LogP contribution < -0.4 is 9.47 Å². The fraction of sp³-hybridized carbons (Fsp3) is 0.174. The SMILES string of the molecule is COc1cc(C(=O)O[C@H]2Cc3c(O)cc(O)cc3O[C@H]2c2cc(O)c(O)c(O)c2)cc(O)c1O. The van der Waals surface area contributed by atoms with Crippen molar-refractivity contribution in [3.05, 3.63) is 53.1 Å². The molecule has 0 bridgehead atoms. The van der Waals surface area contributed by atoms with E-state index in [4.69, 9.17) is 14.2 Å². The van der Waals surface area contributed by atoms with Crippen LogP contribution >= 0.6 is 0 Å². The van der Waals surface area contributed by atoms with Gasteiger partial charge in [0.2, 0.25) is 5.75 Å². The van der Waals surface area contributed by atoms with E-state index in [1.165, 1.54) is 13.2 Å². The molecule has 4 rings (SSSR count). The van der Waals surface area contributed by atoms with Crippen LogP contribution in [0.1, 0.15) is 27.6 Å². The van der Waals surface area contributed by atoms with Crippen molar-refractivity contribution in [3.63, 3.8) is 0 Å². The molecule has 0 unspecified atom stereocenters. The fourth-order valence-corrected chi connectivity index (χ4v) is 3.70. The van der Waals surface area contributed by atoms with Crippen LogP contribution in [0.5, 0.6) is 51.7 Å². The maximum absolute atomic E-state index is 12.9. The van der Waals surface area contributed by atoms with Gasteiger partial charge in [0.05, 0.1) is 12.7 Å². The number of hydrogen-bond donors (Lipinski definition) is 7. The van der Waals surface area contributed by atoms with E-state index in [2.05, 4.69) is 0 Å². The highest BCUT2D eigenvalue weighted by atomic mass is 16.6. The van der Waals surface area contributed by atoms with Crippen molar-refractivity contribution in [2.24, 2.45) is 0 Å². The molecule has 34 heavy (non-hydrogen) atoms. The van der Waals surface area contributed by atoms with E-state index in [0.717, 1.165) is 30.3 Å². The van der Waals surface area contributed by atoms with Crippen LogP contribution in [0.3, 0.4) is 0 Å². The number of aromatic hydroxyl groups is 7. The first kappa shape index (κ1) is 22.5. The standard InChI is InChI=1S/C23H20O11/c1-32-18-5-10(4-16(28)21(18)30)23(31)34-19-8-12-13(25)6-11(24)7-17(12)33-22(19)9-2-14(26)20(29)15(27)3-9/h2-7,19,22,24-30H,8H2,1H3/t19-,22-/m0/s1. The Hall–Kier alpha value is -4.67. The summed E-state index contributed by atoms with van der Waals surface area (Å²) in [5, 5.41) is 69.3. The zero-order valence-corrected chi connectivity index (χ0v) is 17.6. The summed E-state index contributed by atoms with van der Waals surface area (Å²) in [6, 6.07) is 6.65. The third-order valence-corrected chi connectivity index (χ3v) is 5.36. The third-order valence-electron chi connectivity index (χ3n) is 5.36. The molecule has 11 heteroatoms. The molecular formula is C23H20O11. The molecule has 0 saturated carbocycles. The summed E-state index contributed by atoms with van der Waals surface area (Å²) in [5.41, 5.74) is 0.179. The molecule has 11 nitrogen and oxygen atoms in total. The highest BCUT2D eigenvalue weighted by Gasteiger charge is 2.37. The number of carbonyl (C=O) groups excluding carboxylic acids is 1. The quantitative estimate of drug-likeness (QED) is 0.218. The highest BCUT2D eigenvalue weighted by Crippen LogP contribution is 2.46. The summed E-state index contributed by atoms with van der Waals surface area (Å²) in [4.78, 5) is 12.9. The predicted molar refractivity (Wildman–Crippen MR) is 114 cm³/mol. The van der Waals surface area contributed by atoms with Gasteiger partial charge in [0, 0.05) is 29.7 Å². The number of phenolic OH excluding ortho intramolecular Hbond substituents is 7. The highest BCUT2D eigenvalue weighted by molar-refractivity contribution is 5.91. The van der Waals surface area contributed by atoms with E-state index >= 15 is 0 Å². The number of ether oxygens (including phenoxy) is 3. The van der Waals surface area contributed by atoms with Crippen molar-refractivity contribution < 1.29 is 54.8 Å². The first-order chi connectivity index (χ1) is 16.1. The Bertz CT molecular complexity index is 1260. The van der Waals surface area contributed by atoms with Crippen molar-refractivity contribution in [2.75, 3.05) is 7.11 Å². The Labute approximate surface area is 191 Å². The van der Waals surface area contributed by atoms with Crippen molar-refractivity contribution >= 4 is 5.97 Å². The maximum Gasteiger partial charge on any atom is 0.338 e. The van der Waals surface area contributed by atoms with Crippen molar-refractivity contribution in [2.45, 2.75) is 18.6 Å². The summed E-state index contributed by atoms with van der Waals surface area (Å²) >= 11 is 0. The second-order valence-corrected chi connectivity index (χ2v) is 7.58. The summed E-state index contributed by atoms with van der Waals surface area (Å²) in [5.74, 6) is -4.87. The zero-order chi connectivity index (χ0) is 24.7. The van der Waals surface area contributed by atoms with Gasteiger partial charge in [-0.2, -0.15) is 0 Å². The molecule has 1 heterocycles. The molecule has 7 N–H and O–H groups in total. The van der Waals surface area contributed by atoms with Gasteiger partial charge in [-0.05, 0) is 24.3 Å². The summed E-state index contributed by atoms with van der Waals surface area (Å²) in [7, 11) is 1.23. The lowest BCUT2D eigenvalue weighted by molar-refractivity contribution is -0.0189. The van der Waals surface area contributed by atoms with E-state index in [1.54, 1.807) is 0 Å². The van der Waals surface area contributed by atoms with E-state index in [-0.39, 0.29) is 46.1 Å². The molecule has 0 amide bonds. The Morgan fingerprint density at radius 1 is 0.853 bits per heavy atom. The van der Waals surface area contributed by atoms with Gasteiger partial charge in [0.15, 0.2) is 34.9 Å². The largest absolute Gasteiger partial charge is 0.508 e. The molecule has 0 radical (unpaired) electrons. The van der Waals surface area contributed by atoms with E-state index < -0.39 is 46.9 Å². The first-order valence-electron chi connectivity index (χ1n) is 9.86. The Balaban J connectivity index is 1.75. The van der Waals surface area contributed by atoms with Gasteiger partial charge in [-0.25, -0.2) is 4.79 Å². The summed E-state index contributed by atoms with van der Waals surface area (Å²) in [6.07, 6.45) is -2.38. The van der Waals surface area contributed by atoms with E-state index in [0.29, 0.717) is 0 Å². The van der Waals surface area contributed by atoms with Crippen LogP contribution in [0.4, 0.5) is 0 Å². The molecule has 0 fully saturated rings. The minimum Gasteiger partial charge on any atom is -0.508 e. The molecule has 3 aromatic carbocycles. The van der Waals surface area contributed by atoms with Crippen LogP contribution in [0.15, 0.2) is 36.4 Å². The lowest BCUT2D eigenvalue weighted by atomic mass is 9.93. The second kappa shape index (κ2) is 8.35. The van der Waals surface area contributed by atoms with Crippen LogP contribution in [0.2, 0.25) is 0 Å². The van der Waals surface area contributed by atoms with Gasteiger partial charge in [0.25, 0.3) is 0 Å². The molecular weight excluding hydrogens is 452 g/mol. The number of phenols is 7. The summed E-state index contributed by atoms with van der Waals surface area (Å²) in [6.45, 7) is 0. The molecule has 1 aliphatic heterocycles. The Morgan fingerprint density at radius 3 is 2.15 bits per heavy atom. The van der Waals surface area contributed by atoms with Gasteiger partial charge < -0.3 is 50.0 Å². The Morgan fingerprint density at radius 2 is 1.50 bits per heavy atom. The lowest BCUT2D eigenvalue weighted by Crippen LogP contribution is -2.34. The molecule has 0 spiro atoms. The smallest absolute Gasteiger partial charge is 0.338 e. The molecule has 0 aromatic heterocycles. The second-order valence-electron chi connectivity index (χ2n) is 7.58. The minimum atomic E-state index is -1.15. The zero-order valence-electron chi connectivity index (χ0n) is 17.6. The van der Waals surface area contributed by atoms with Crippen LogP contribution in [0, 0.1) is 0 Å². The predicted octanol–water partition coefficient (Wildman–Crippen LogP) is 2.54. The lowest BCUT2D eigenvalue weighted by Gasteiger charge is -2.34. The molecule has 1 aliphatic rings. The number of benzene rings is 3. The molecule has 3 aromatic rings. The maximum atomic E-state index is 12.9. The third kappa shape index (κ3) is 3.94. The topological polar surface area (TPSA) is 186 Å². The van der Waals surface area contributed by atoms with Crippen LogP contribution in [-0.2, 0) is 11.2 Å². The first-order valence-corrected chi connectivity index (χ1v) is 9.86. The van der Waals surface area contributed by atoms with Crippen molar-refractivity contribution in [1.82, 2.24) is 0 Å². The normalized spacial score (nSPS) is 16.9. The number of fused-ring (bicyclic) bond motifs is 1. The van der Waals surface area contributed by atoms with Crippen molar-refractivity contribution in [1.29, 1.82) is 0 Å². The van der Waals surface area contributed by atoms with Gasteiger partial charge in [-0.15, -0.1) is 0 Å². The van der Waals surface area contributed by atoms with Crippen LogP contribution in [0.25, 0.3) is 0 Å². The number of rotatable bonds is 4. The van der Waals surface area contributed by atoms with E-state index in [1.807, 2.05) is 0 Å². The van der Waals surface area contributed by atoms with Gasteiger partial charge in [-0.1, -0.05) is 0 Å². The number of carbonyl (C=O) groups is 1. The average Bonchev–Trinajstić information content (AvgIpc) is 2.78. The molecule has 178 valence electrons. The van der Waals surface area contributed by atoms with E-state index in [9.17, 15) is 40.5 Å². The van der Waals surface area contributed by atoms with Gasteiger partial charge >= 0.3 is 5.97 Å². The van der Waals surface area contributed by atoms with Crippen LogP contribution in [-0.4, -0.2) is 54.9 Å². The van der Waals surface area contributed by atoms with Gasteiger partial charge in [0.1, 0.15) is 23.4 Å². The number of methoxy groups -OCH3 is 1.